The Hall–Kier alpha value is -1.94. The minimum atomic E-state index is -3.98. The normalized spacial score (nSPS) is 13.3. The van der Waals surface area contributed by atoms with Crippen molar-refractivity contribution in [1.29, 1.82) is 0 Å². The third-order valence-corrected chi connectivity index (χ3v) is 5.68. The van der Waals surface area contributed by atoms with E-state index in [1.165, 1.54) is 0 Å². The highest BCUT2D eigenvalue weighted by molar-refractivity contribution is 7.91. The van der Waals surface area contributed by atoms with Crippen LogP contribution in [-0.4, -0.2) is 47.1 Å². The number of alkyl carbamates (subject to hydrolysis) is 1. The van der Waals surface area contributed by atoms with Gasteiger partial charge in [-0.15, -0.1) is 0 Å². The lowest BCUT2D eigenvalue weighted by Gasteiger charge is -2.19. The summed E-state index contributed by atoms with van der Waals surface area (Å²) in [6.07, 6.45) is 1.17. The summed E-state index contributed by atoms with van der Waals surface area (Å²) < 4.78 is 65.8. The Morgan fingerprint density at radius 2 is 1.62 bits per heavy atom. The first-order valence-electron chi connectivity index (χ1n) is 7.55. The molecule has 0 heterocycles. The first-order valence-corrected chi connectivity index (χ1v) is 11.1. The topological polar surface area (TPSA) is 107 Å². The zero-order valence-corrected chi connectivity index (χ0v) is 16.6. The van der Waals surface area contributed by atoms with E-state index in [0.717, 1.165) is 36.6 Å². The largest absolute Gasteiger partial charge is 0.444 e. The van der Waals surface area contributed by atoms with Gasteiger partial charge in [0.1, 0.15) is 17.2 Å². The molecule has 1 aromatic carbocycles. The number of sulfone groups is 2. The summed E-state index contributed by atoms with van der Waals surface area (Å²) in [5.74, 6) is -1.85. The van der Waals surface area contributed by atoms with E-state index in [1.54, 1.807) is 20.8 Å². The second kappa shape index (κ2) is 8.17. The molecule has 1 N–H and O–H groups in total. The molecule has 0 atom stereocenters. The van der Waals surface area contributed by atoms with Crippen LogP contribution in [0.25, 0.3) is 0 Å². The molecule has 0 aliphatic rings. The van der Waals surface area contributed by atoms with Gasteiger partial charge in [0.25, 0.3) is 0 Å². The molecule has 0 unspecified atom stereocenters. The molecular formula is C16H22FNO6S2. The van der Waals surface area contributed by atoms with E-state index in [2.05, 4.69) is 5.32 Å². The van der Waals surface area contributed by atoms with E-state index in [9.17, 15) is 26.0 Å². The SMILES string of the molecule is CC(C)(C)OC(=O)NC/C=C(\F)CS(=O)(=O)c1ccc(S(C)(=O)=O)cc1. The summed E-state index contributed by atoms with van der Waals surface area (Å²) >= 11 is 0. The van der Waals surface area contributed by atoms with E-state index < -0.39 is 42.9 Å². The maximum atomic E-state index is 13.8. The van der Waals surface area contributed by atoms with Crippen LogP contribution in [0, 0.1) is 0 Å². The lowest BCUT2D eigenvalue weighted by atomic mass is 10.2. The molecule has 0 aliphatic carbocycles. The van der Waals surface area contributed by atoms with Crippen molar-refractivity contribution in [3.05, 3.63) is 36.2 Å². The molecule has 0 fully saturated rings. The van der Waals surface area contributed by atoms with Crippen LogP contribution in [0.15, 0.2) is 46.0 Å². The van der Waals surface area contributed by atoms with Crippen LogP contribution in [0.4, 0.5) is 9.18 Å². The van der Waals surface area contributed by atoms with Crippen molar-refractivity contribution in [2.45, 2.75) is 36.2 Å². The monoisotopic (exact) mass is 407 g/mol. The van der Waals surface area contributed by atoms with E-state index in [1.807, 2.05) is 0 Å². The van der Waals surface area contributed by atoms with Crippen molar-refractivity contribution in [1.82, 2.24) is 5.32 Å². The molecule has 0 aliphatic heterocycles. The number of hydrogen-bond acceptors (Lipinski definition) is 6. The number of hydrogen-bond donors (Lipinski definition) is 1. The van der Waals surface area contributed by atoms with Crippen molar-refractivity contribution in [3.63, 3.8) is 0 Å². The van der Waals surface area contributed by atoms with Gasteiger partial charge in [-0.25, -0.2) is 26.0 Å². The van der Waals surface area contributed by atoms with Gasteiger partial charge in [-0.3, -0.25) is 0 Å². The molecule has 26 heavy (non-hydrogen) atoms. The molecule has 0 bridgehead atoms. The quantitative estimate of drug-likeness (QED) is 0.775. The lowest BCUT2D eigenvalue weighted by Crippen LogP contribution is -2.32. The summed E-state index contributed by atoms with van der Waals surface area (Å²) in [6.45, 7) is 4.78. The van der Waals surface area contributed by atoms with Gasteiger partial charge in [-0.2, -0.15) is 0 Å². The number of halogens is 1. The molecule has 0 aromatic heterocycles. The summed E-state index contributed by atoms with van der Waals surface area (Å²) in [5.41, 5.74) is -0.701. The maximum Gasteiger partial charge on any atom is 0.407 e. The van der Waals surface area contributed by atoms with Crippen LogP contribution < -0.4 is 5.32 Å². The Balaban J connectivity index is 2.72. The van der Waals surface area contributed by atoms with E-state index in [4.69, 9.17) is 4.74 Å². The average molecular weight is 407 g/mol. The van der Waals surface area contributed by atoms with E-state index >= 15 is 0 Å². The van der Waals surface area contributed by atoms with Crippen LogP contribution in [0.1, 0.15) is 20.8 Å². The zero-order valence-electron chi connectivity index (χ0n) is 14.9. The smallest absolute Gasteiger partial charge is 0.407 e. The number of amides is 1. The minimum absolute atomic E-state index is 0.0333. The number of rotatable bonds is 6. The first kappa shape index (κ1) is 22.1. The van der Waals surface area contributed by atoms with Crippen LogP contribution in [0.3, 0.4) is 0 Å². The fourth-order valence-corrected chi connectivity index (χ4v) is 3.61. The zero-order chi connectivity index (χ0) is 20.2. The highest BCUT2D eigenvalue weighted by atomic mass is 32.2. The van der Waals surface area contributed by atoms with Crippen molar-refractivity contribution in [2.75, 3.05) is 18.6 Å². The fraction of sp³-hybridized carbons (Fsp3) is 0.438. The Labute approximate surface area is 153 Å². The highest BCUT2D eigenvalue weighted by Gasteiger charge is 2.19. The molecule has 0 spiro atoms. The van der Waals surface area contributed by atoms with Gasteiger partial charge in [0, 0.05) is 12.8 Å². The number of nitrogens with one attached hydrogen (secondary N) is 1. The first-order chi connectivity index (χ1) is 11.7. The second-order valence-electron chi connectivity index (χ2n) is 6.54. The van der Waals surface area contributed by atoms with Crippen LogP contribution >= 0.6 is 0 Å². The molecule has 1 amide bonds. The molecule has 10 heteroatoms. The predicted octanol–water partition coefficient (Wildman–Crippen LogP) is 2.24. The molecule has 1 rings (SSSR count). The molecular weight excluding hydrogens is 385 g/mol. The Bertz CT molecular complexity index is 882. The van der Waals surface area contributed by atoms with Crippen LogP contribution in [0.2, 0.25) is 0 Å². The molecule has 0 saturated heterocycles. The maximum absolute atomic E-state index is 13.8. The van der Waals surface area contributed by atoms with Gasteiger partial charge in [0.05, 0.1) is 9.79 Å². The molecule has 7 nitrogen and oxygen atoms in total. The van der Waals surface area contributed by atoms with Crippen molar-refractivity contribution >= 4 is 25.8 Å². The van der Waals surface area contributed by atoms with E-state index in [0.29, 0.717) is 0 Å². The average Bonchev–Trinajstić information content (AvgIpc) is 2.44. The Morgan fingerprint density at radius 3 is 2.08 bits per heavy atom. The number of carbonyl (C=O) groups excluding carboxylic acids is 1. The molecule has 1 aromatic rings. The predicted molar refractivity (Wildman–Crippen MR) is 95.0 cm³/mol. The Morgan fingerprint density at radius 1 is 1.12 bits per heavy atom. The molecule has 146 valence electrons. The van der Waals surface area contributed by atoms with Gasteiger partial charge >= 0.3 is 6.09 Å². The molecule has 0 radical (unpaired) electrons. The lowest BCUT2D eigenvalue weighted by molar-refractivity contribution is 0.0534. The summed E-state index contributed by atoms with van der Waals surface area (Å²) in [7, 11) is -7.44. The van der Waals surface area contributed by atoms with Gasteiger partial charge in [-0.05, 0) is 51.1 Å². The van der Waals surface area contributed by atoms with Gasteiger partial charge in [-0.1, -0.05) is 0 Å². The van der Waals surface area contributed by atoms with Gasteiger partial charge in [0.2, 0.25) is 0 Å². The summed E-state index contributed by atoms with van der Waals surface area (Å²) in [6, 6.07) is 4.51. The van der Waals surface area contributed by atoms with Crippen LogP contribution in [-0.2, 0) is 24.4 Å². The standard InChI is InChI=1S/C16H22FNO6S2/c1-16(2,3)24-15(19)18-10-9-12(17)11-26(22,23)14-7-5-13(6-8-14)25(4,20)21/h5-9H,10-11H2,1-4H3,(H,18,19)/b12-9-. The van der Waals surface area contributed by atoms with E-state index in [-0.39, 0.29) is 16.3 Å². The van der Waals surface area contributed by atoms with Crippen LogP contribution in [0.5, 0.6) is 0 Å². The summed E-state index contributed by atoms with van der Waals surface area (Å²) in [5, 5.41) is 2.28. The number of ether oxygens (including phenoxy) is 1. The van der Waals surface area contributed by atoms with Crippen molar-refractivity contribution in [3.8, 4) is 0 Å². The van der Waals surface area contributed by atoms with Crippen molar-refractivity contribution < 1.29 is 30.8 Å². The summed E-state index contributed by atoms with van der Waals surface area (Å²) in [4.78, 5) is 11.2. The van der Waals surface area contributed by atoms with Crippen molar-refractivity contribution in [2.24, 2.45) is 0 Å². The number of benzene rings is 1. The third kappa shape index (κ3) is 7.52. The fourth-order valence-electron chi connectivity index (χ4n) is 1.78. The van der Waals surface area contributed by atoms with Gasteiger partial charge < -0.3 is 10.1 Å². The highest BCUT2D eigenvalue weighted by Crippen LogP contribution is 2.18. The second-order valence-corrected chi connectivity index (χ2v) is 10.5. The number of carbonyl (C=O) groups is 1. The minimum Gasteiger partial charge on any atom is -0.444 e. The Kier molecular flexibility index (Phi) is 6.95. The van der Waals surface area contributed by atoms with Gasteiger partial charge in [0.15, 0.2) is 19.7 Å². The molecule has 0 saturated carbocycles. The third-order valence-electron chi connectivity index (χ3n) is 2.91.